The van der Waals surface area contributed by atoms with Gasteiger partial charge in [0.2, 0.25) is 5.95 Å². The molecule has 122 valence electrons. The van der Waals surface area contributed by atoms with Crippen molar-refractivity contribution in [2.45, 2.75) is 6.54 Å². The predicted octanol–water partition coefficient (Wildman–Crippen LogP) is 3.62. The summed E-state index contributed by atoms with van der Waals surface area (Å²) < 4.78 is 28.6. The van der Waals surface area contributed by atoms with Gasteiger partial charge in [0.05, 0.1) is 6.54 Å². The number of hydrogen-bond acceptors (Lipinski definition) is 3. The van der Waals surface area contributed by atoms with E-state index in [9.17, 15) is 13.6 Å². The van der Waals surface area contributed by atoms with E-state index in [1.54, 1.807) is 4.68 Å². The molecule has 1 N–H and O–H groups in total. The zero-order valence-electron chi connectivity index (χ0n) is 12.2. The molecule has 3 aromatic rings. The van der Waals surface area contributed by atoms with Crippen LogP contribution in [0, 0.1) is 11.6 Å². The molecule has 0 unspecified atom stereocenters. The number of carbonyl (C=O) groups excluding carboxylic acids is 1. The van der Waals surface area contributed by atoms with E-state index in [2.05, 4.69) is 31.3 Å². The Morgan fingerprint density at radius 3 is 2.58 bits per heavy atom. The Balaban J connectivity index is 1.68. The van der Waals surface area contributed by atoms with Gasteiger partial charge in [0.15, 0.2) is 11.6 Å². The van der Waals surface area contributed by atoms with Crippen molar-refractivity contribution in [2.24, 2.45) is 0 Å². The number of hydrogen-bond donors (Lipinski definition) is 1. The number of halogens is 3. The summed E-state index contributed by atoms with van der Waals surface area (Å²) in [5.74, 6) is -2.63. The minimum Gasteiger partial charge on any atom is -0.289 e. The summed E-state index contributed by atoms with van der Waals surface area (Å²) in [7, 11) is 0. The monoisotopic (exact) mass is 392 g/mol. The topological polar surface area (TPSA) is 59.8 Å². The molecule has 0 aliphatic heterocycles. The third-order valence-corrected chi connectivity index (χ3v) is 3.73. The molecular weight excluding hydrogens is 382 g/mol. The van der Waals surface area contributed by atoms with E-state index < -0.39 is 17.5 Å². The minimum atomic E-state index is -1.09. The molecule has 0 radical (unpaired) electrons. The average Bonchev–Trinajstić information content (AvgIpc) is 2.99. The molecule has 0 aliphatic rings. The molecule has 0 fully saturated rings. The molecule has 0 atom stereocenters. The van der Waals surface area contributed by atoms with Gasteiger partial charge in [0.25, 0.3) is 5.91 Å². The number of aromatic nitrogens is 3. The highest BCUT2D eigenvalue weighted by Gasteiger charge is 2.12. The van der Waals surface area contributed by atoms with Gasteiger partial charge in [0, 0.05) is 10.0 Å². The lowest BCUT2D eigenvalue weighted by atomic mass is 10.2. The van der Waals surface area contributed by atoms with Crippen LogP contribution in [0.15, 0.2) is 53.3 Å². The number of benzene rings is 2. The van der Waals surface area contributed by atoms with Crippen molar-refractivity contribution in [2.75, 3.05) is 5.32 Å². The van der Waals surface area contributed by atoms with E-state index >= 15 is 0 Å². The fourth-order valence-electron chi connectivity index (χ4n) is 2.02. The van der Waals surface area contributed by atoms with Gasteiger partial charge in [-0.2, -0.15) is 0 Å². The lowest BCUT2D eigenvalue weighted by molar-refractivity contribution is 0.102. The molecule has 24 heavy (non-hydrogen) atoms. The van der Waals surface area contributed by atoms with Crippen LogP contribution in [0.4, 0.5) is 14.7 Å². The van der Waals surface area contributed by atoms with E-state index in [0.29, 0.717) is 6.54 Å². The molecule has 0 spiro atoms. The van der Waals surface area contributed by atoms with Crippen LogP contribution in [0.1, 0.15) is 15.9 Å². The second-order valence-electron chi connectivity index (χ2n) is 4.98. The standard InChI is InChI=1S/C16H11BrF2N4O/c17-12-4-1-10(2-5-12)8-23-9-20-16(22-23)21-15(24)11-3-6-13(18)14(19)7-11/h1-7,9H,8H2,(H,21,22,24). The lowest BCUT2D eigenvalue weighted by Crippen LogP contribution is -2.14. The maximum atomic E-state index is 13.2. The van der Waals surface area contributed by atoms with Gasteiger partial charge in [-0.3, -0.25) is 10.1 Å². The molecule has 1 amide bonds. The average molecular weight is 393 g/mol. The van der Waals surface area contributed by atoms with E-state index in [-0.39, 0.29) is 11.5 Å². The Kier molecular flexibility index (Phi) is 4.66. The Hall–Kier alpha value is -2.61. The van der Waals surface area contributed by atoms with Gasteiger partial charge in [-0.05, 0) is 35.9 Å². The highest BCUT2D eigenvalue weighted by molar-refractivity contribution is 9.10. The highest BCUT2D eigenvalue weighted by atomic mass is 79.9. The normalized spacial score (nSPS) is 10.6. The van der Waals surface area contributed by atoms with Gasteiger partial charge in [-0.1, -0.05) is 28.1 Å². The molecular formula is C16H11BrF2N4O. The second-order valence-corrected chi connectivity index (χ2v) is 5.89. The molecule has 3 rings (SSSR count). The molecule has 1 aromatic heterocycles. The maximum Gasteiger partial charge on any atom is 0.258 e. The van der Waals surface area contributed by atoms with Crippen LogP contribution in [-0.2, 0) is 6.54 Å². The van der Waals surface area contributed by atoms with Crippen LogP contribution >= 0.6 is 15.9 Å². The summed E-state index contributed by atoms with van der Waals surface area (Å²) in [5, 5.41) is 6.57. The fourth-order valence-corrected chi connectivity index (χ4v) is 2.28. The quantitative estimate of drug-likeness (QED) is 0.737. The van der Waals surface area contributed by atoms with Crippen molar-refractivity contribution >= 4 is 27.8 Å². The van der Waals surface area contributed by atoms with E-state index in [1.807, 2.05) is 24.3 Å². The molecule has 1 heterocycles. The Labute approximate surface area is 144 Å². The van der Waals surface area contributed by atoms with Gasteiger partial charge in [0.1, 0.15) is 6.33 Å². The Bertz CT molecular complexity index is 880. The molecule has 8 heteroatoms. The first-order valence-electron chi connectivity index (χ1n) is 6.91. The number of anilines is 1. The summed E-state index contributed by atoms with van der Waals surface area (Å²) in [6, 6.07) is 10.6. The first kappa shape index (κ1) is 16.3. The number of rotatable bonds is 4. The summed E-state index contributed by atoms with van der Waals surface area (Å²) in [5.41, 5.74) is 1.000. The van der Waals surface area contributed by atoms with Crippen molar-refractivity contribution in [3.63, 3.8) is 0 Å². The third-order valence-electron chi connectivity index (χ3n) is 3.20. The Morgan fingerprint density at radius 2 is 1.88 bits per heavy atom. The summed E-state index contributed by atoms with van der Waals surface area (Å²) >= 11 is 3.36. The maximum absolute atomic E-state index is 13.2. The van der Waals surface area contributed by atoms with Crippen molar-refractivity contribution in [3.8, 4) is 0 Å². The van der Waals surface area contributed by atoms with Crippen LogP contribution in [-0.4, -0.2) is 20.7 Å². The van der Waals surface area contributed by atoms with E-state index in [1.165, 1.54) is 12.4 Å². The smallest absolute Gasteiger partial charge is 0.258 e. The molecule has 0 saturated heterocycles. The van der Waals surface area contributed by atoms with Gasteiger partial charge < -0.3 is 0 Å². The van der Waals surface area contributed by atoms with Crippen molar-refractivity contribution < 1.29 is 13.6 Å². The largest absolute Gasteiger partial charge is 0.289 e. The summed E-state index contributed by atoms with van der Waals surface area (Å²) in [4.78, 5) is 16.0. The number of nitrogens with one attached hydrogen (secondary N) is 1. The summed E-state index contributed by atoms with van der Waals surface area (Å²) in [6.07, 6.45) is 1.48. The predicted molar refractivity (Wildman–Crippen MR) is 87.6 cm³/mol. The first-order valence-corrected chi connectivity index (χ1v) is 7.71. The SMILES string of the molecule is O=C(Nc1ncn(Cc2ccc(Br)cc2)n1)c1ccc(F)c(F)c1. The number of carbonyl (C=O) groups is 1. The Morgan fingerprint density at radius 1 is 1.12 bits per heavy atom. The minimum absolute atomic E-state index is 0.0156. The zero-order chi connectivity index (χ0) is 17.1. The van der Waals surface area contributed by atoms with Gasteiger partial charge >= 0.3 is 0 Å². The van der Waals surface area contributed by atoms with E-state index in [4.69, 9.17) is 0 Å². The highest BCUT2D eigenvalue weighted by Crippen LogP contribution is 2.12. The number of amides is 1. The second kappa shape index (κ2) is 6.88. The van der Waals surface area contributed by atoms with Crippen molar-refractivity contribution in [1.29, 1.82) is 0 Å². The molecule has 2 aromatic carbocycles. The number of nitrogens with zero attached hydrogens (tertiary/aromatic N) is 3. The van der Waals surface area contributed by atoms with Gasteiger partial charge in [-0.25, -0.2) is 18.4 Å². The molecule has 5 nitrogen and oxygen atoms in total. The lowest BCUT2D eigenvalue weighted by Gasteiger charge is -2.02. The van der Waals surface area contributed by atoms with E-state index in [0.717, 1.165) is 22.2 Å². The van der Waals surface area contributed by atoms with Gasteiger partial charge in [-0.15, -0.1) is 5.10 Å². The van der Waals surface area contributed by atoms with Crippen molar-refractivity contribution in [1.82, 2.24) is 14.8 Å². The van der Waals surface area contributed by atoms with Crippen molar-refractivity contribution in [3.05, 3.63) is 76.0 Å². The van der Waals surface area contributed by atoms with Crippen LogP contribution in [0.2, 0.25) is 0 Å². The van der Waals surface area contributed by atoms with Crippen LogP contribution in [0.3, 0.4) is 0 Å². The molecule has 0 bridgehead atoms. The fraction of sp³-hybridized carbons (Fsp3) is 0.0625. The molecule has 0 saturated carbocycles. The van der Waals surface area contributed by atoms with Crippen LogP contribution in [0.5, 0.6) is 0 Å². The van der Waals surface area contributed by atoms with Crippen LogP contribution < -0.4 is 5.32 Å². The summed E-state index contributed by atoms with van der Waals surface area (Å²) in [6.45, 7) is 0.487. The molecule has 0 aliphatic carbocycles. The zero-order valence-corrected chi connectivity index (χ0v) is 13.8. The third kappa shape index (κ3) is 3.83. The van der Waals surface area contributed by atoms with Crippen LogP contribution in [0.25, 0.3) is 0 Å². The first-order chi connectivity index (χ1) is 11.5.